The van der Waals surface area contributed by atoms with Gasteiger partial charge in [-0.3, -0.25) is 9.13 Å². The summed E-state index contributed by atoms with van der Waals surface area (Å²) in [4.78, 5) is 27.1. The molecule has 202 valence electrons. The summed E-state index contributed by atoms with van der Waals surface area (Å²) in [5.41, 5.74) is 4.95. The number of nitrogens with one attached hydrogen (secondary N) is 1. The molecule has 0 amide bonds. The molecule has 4 unspecified atom stereocenters. The van der Waals surface area contributed by atoms with Crippen molar-refractivity contribution in [2.45, 2.75) is 83.0 Å². The number of aliphatic hydroxyl groups is 2. The summed E-state index contributed by atoms with van der Waals surface area (Å²) in [5.74, 6) is 0.260. The molecule has 1 fully saturated rings. The maximum Gasteiger partial charge on any atom is 0.351 e. The molecule has 6 N–H and O–H groups in total. The molecule has 1 saturated heterocycles. The standard InChI is InChI=1S/C21H35N6O8P/c1-5-7-12(8-6-2)19-25-24-18(35-19)11(3)26-36(31,32)14-9-27(21(30)23-17(14)22)20-16(33-4)15(29)13(10-28)34-20/h9,11-13,15-16,20,28-29H,5-8,10H2,1-4H3,(H2,22,23,30)(H2,26,31,32)/t11?,13-,15?,16?,20-/m1/s1. The highest BCUT2D eigenvalue weighted by atomic mass is 31.2. The van der Waals surface area contributed by atoms with Crippen molar-refractivity contribution in [3.05, 3.63) is 28.5 Å². The number of rotatable bonds is 12. The highest BCUT2D eigenvalue weighted by Crippen LogP contribution is 2.40. The van der Waals surface area contributed by atoms with E-state index in [0.717, 1.165) is 36.4 Å². The molecular weight excluding hydrogens is 495 g/mol. The number of nitrogens with zero attached hydrogens (tertiary/aromatic N) is 4. The van der Waals surface area contributed by atoms with Crippen LogP contribution in [0.1, 0.15) is 76.4 Å². The number of hydrogen-bond donors (Lipinski definition) is 5. The minimum atomic E-state index is -4.43. The summed E-state index contributed by atoms with van der Waals surface area (Å²) >= 11 is 0. The van der Waals surface area contributed by atoms with Gasteiger partial charge in [0.25, 0.3) is 0 Å². The van der Waals surface area contributed by atoms with Crippen LogP contribution in [0.3, 0.4) is 0 Å². The van der Waals surface area contributed by atoms with E-state index in [2.05, 4.69) is 34.1 Å². The predicted octanol–water partition coefficient (Wildman–Crippen LogP) is 0.319. The lowest BCUT2D eigenvalue weighted by atomic mass is 9.98. The van der Waals surface area contributed by atoms with Crippen LogP contribution in [0.5, 0.6) is 0 Å². The van der Waals surface area contributed by atoms with Crippen LogP contribution in [0.4, 0.5) is 5.82 Å². The van der Waals surface area contributed by atoms with Crippen molar-refractivity contribution in [1.29, 1.82) is 0 Å². The van der Waals surface area contributed by atoms with Crippen LogP contribution in [0, 0.1) is 0 Å². The van der Waals surface area contributed by atoms with Gasteiger partial charge in [-0.25, -0.2) is 9.88 Å². The summed E-state index contributed by atoms with van der Waals surface area (Å²) in [6, 6.07) is -0.833. The Labute approximate surface area is 208 Å². The van der Waals surface area contributed by atoms with Crippen molar-refractivity contribution >= 4 is 18.6 Å². The molecule has 14 nitrogen and oxygen atoms in total. The monoisotopic (exact) mass is 530 g/mol. The Balaban J connectivity index is 1.87. The van der Waals surface area contributed by atoms with Crippen LogP contribution in [0.2, 0.25) is 0 Å². The van der Waals surface area contributed by atoms with E-state index in [1.54, 1.807) is 6.92 Å². The van der Waals surface area contributed by atoms with E-state index in [-0.39, 0.29) is 17.1 Å². The van der Waals surface area contributed by atoms with Crippen LogP contribution in [0.25, 0.3) is 0 Å². The highest BCUT2D eigenvalue weighted by molar-refractivity contribution is 7.64. The summed E-state index contributed by atoms with van der Waals surface area (Å²) < 4.78 is 30.8. The van der Waals surface area contributed by atoms with Crippen molar-refractivity contribution < 1.29 is 33.6 Å². The molecule has 0 bridgehead atoms. The summed E-state index contributed by atoms with van der Waals surface area (Å²) in [6.07, 6.45) is 0.186. The number of ether oxygens (including phenoxy) is 2. The van der Waals surface area contributed by atoms with Crippen molar-refractivity contribution in [2.75, 3.05) is 19.5 Å². The highest BCUT2D eigenvalue weighted by Gasteiger charge is 2.45. The lowest BCUT2D eigenvalue weighted by Crippen LogP contribution is -2.39. The Hall–Kier alpha value is -2.19. The molecule has 0 spiro atoms. The summed E-state index contributed by atoms with van der Waals surface area (Å²) in [6.45, 7) is 5.20. The molecule has 0 saturated carbocycles. The molecule has 15 heteroatoms. The molecule has 0 aromatic carbocycles. The number of hydrogen-bond acceptors (Lipinski definition) is 11. The van der Waals surface area contributed by atoms with Crippen LogP contribution in [-0.2, 0) is 14.0 Å². The SMILES string of the molecule is CCCC(CCC)c1nnc(C(C)NP(=O)(O)c2cn([C@@H]3O[C@H](CO)C(O)C3OC)c(=O)nc2N)o1. The van der Waals surface area contributed by atoms with Crippen molar-refractivity contribution in [3.8, 4) is 0 Å². The van der Waals surface area contributed by atoms with Gasteiger partial charge in [0.1, 0.15) is 29.4 Å². The number of anilines is 1. The molecule has 3 heterocycles. The average molecular weight is 531 g/mol. The van der Waals surface area contributed by atoms with Crippen LogP contribution < -0.4 is 21.8 Å². The lowest BCUT2D eigenvalue weighted by molar-refractivity contribution is -0.0623. The molecule has 2 aromatic rings. The second kappa shape index (κ2) is 11.9. The Morgan fingerprint density at radius 3 is 2.50 bits per heavy atom. The van der Waals surface area contributed by atoms with E-state index in [4.69, 9.17) is 19.6 Å². The Morgan fingerprint density at radius 1 is 1.28 bits per heavy atom. The molecule has 6 atom stereocenters. The third-order valence-corrected chi connectivity index (χ3v) is 7.88. The van der Waals surface area contributed by atoms with Gasteiger partial charge in [0.05, 0.1) is 12.6 Å². The van der Waals surface area contributed by atoms with Crippen molar-refractivity contribution in [2.24, 2.45) is 0 Å². The average Bonchev–Trinajstić information content (AvgIpc) is 3.43. The molecule has 1 aliphatic rings. The minimum Gasteiger partial charge on any atom is -0.423 e. The zero-order chi connectivity index (χ0) is 26.6. The fourth-order valence-corrected chi connectivity index (χ4v) is 5.71. The summed E-state index contributed by atoms with van der Waals surface area (Å²) in [5, 5.41) is 30.1. The molecule has 2 aromatic heterocycles. The zero-order valence-electron chi connectivity index (χ0n) is 20.8. The van der Waals surface area contributed by atoms with Gasteiger partial charge in [0, 0.05) is 19.2 Å². The first-order chi connectivity index (χ1) is 17.1. The number of aliphatic hydroxyl groups excluding tert-OH is 2. The van der Waals surface area contributed by atoms with Crippen LogP contribution in [0.15, 0.2) is 15.4 Å². The van der Waals surface area contributed by atoms with Crippen LogP contribution >= 0.6 is 7.52 Å². The number of methoxy groups -OCH3 is 1. The topological polar surface area (TPSA) is 208 Å². The Kier molecular flexibility index (Phi) is 9.39. The van der Waals surface area contributed by atoms with E-state index >= 15 is 0 Å². The largest absolute Gasteiger partial charge is 0.423 e. The van der Waals surface area contributed by atoms with E-state index < -0.39 is 56.2 Å². The van der Waals surface area contributed by atoms with Gasteiger partial charge in [0.15, 0.2) is 6.23 Å². The predicted molar refractivity (Wildman–Crippen MR) is 129 cm³/mol. The Bertz CT molecular complexity index is 1120. The third-order valence-electron chi connectivity index (χ3n) is 6.15. The van der Waals surface area contributed by atoms with Crippen molar-refractivity contribution in [1.82, 2.24) is 24.8 Å². The third kappa shape index (κ3) is 5.86. The van der Waals surface area contributed by atoms with Gasteiger partial charge in [-0.1, -0.05) is 26.7 Å². The normalized spacial score (nSPS) is 24.8. The number of aromatic nitrogens is 4. The molecule has 36 heavy (non-hydrogen) atoms. The van der Waals surface area contributed by atoms with Gasteiger partial charge < -0.3 is 34.7 Å². The first-order valence-electron chi connectivity index (χ1n) is 11.9. The lowest BCUT2D eigenvalue weighted by Gasteiger charge is -2.23. The fourth-order valence-electron chi connectivity index (χ4n) is 4.30. The minimum absolute atomic E-state index is 0.107. The van der Waals surface area contributed by atoms with E-state index in [1.165, 1.54) is 7.11 Å². The van der Waals surface area contributed by atoms with Gasteiger partial charge in [-0.2, -0.15) is 4.98 Å². The van der Waals surface area contributed by atoms with E-state index in [9.17, 15) is 24.5 Å². The smallest absolute Gasteiger partial charge is 0.351 e. The molecular formula is C21H35N6O8P. The van der Waals surface area contributed by atoms with Crippen molar-refractivity contribution in [3.63, 3.8) is 0 Å². The zero-order valence-corrected chi connectivity index (χ0v) is 21.7. The first kappa shape index (κ1) is 28.4. The number of nitrogen functional groups attached to an aromatic ring is 1. The van der Waals surface area contributed by atoms with Gasteiger partial charge >= 0.3 is 13.2 Å². The fraction of sp³-hybridized carbons (Fsp3) is 0.714. The van der Waals surface area contributed by atoms with Gasteiger partial charge in [-0.15, -0.1) is 10.2 Å². The molecule has 3 rings (SSSR count). The maximum atomic E-state index is 13.3. The van der Waals surface area contributed by atoms with Gasteiger partial charge in [0.2, 0.25) is 11.8 Å². The molecule has 0 aliphatic carbocycles. The van der Waals surface area contributed by atoms with Crippen LogP contribution in [-0.4, -0.2) is 66.9 Å². The van der Waals surface area contributed by atoms with E-state index in [0.29, 0.717) is 5.89 Å². The quantitative estimate of drug-likeness (QED) is 0.235. The van der Waals surface area contributed by atoms with E-state index in [1.807, 2.05) is 0 Å². The molecule has 1 aliphatic heterocycles. The second-order valence-electron chi connectivity index (χ2n) is 8.82. The maximum absolute atomic E-state index is 13.3. The summed E-state index contributed by atoms with van der Waals surface area (Å²) in [7, 11) is -3.13. The Morgan fingerprint density at radius 2 is 1.92 bits per heavy atom. The number of nitrogens with two attached hydrogens (primary N) is 1. The first-order valence-corrected chi connectivity index (χ1v) is 13.5. The van der Waals surface area contributed by atoms with Gasteiger partial charge in [-0.05, 0) is 19.8 Å². The molecule has 0 radical (unpaired) electrons. The second-order valence-corrected chi connectivity index (χ2v) is 10.7.